The third kappa shape index (κ3) is 3.40. The molecule has 1 saturated carbocycles. The van der Waals surface area contributed by atoms with Crippen LogP contribution in [0.2, 0.25) is 0 Å². The van der Waals surface area contributed by atoms with Crippen molar-refractivity contribution in [2.24, 2.45) is 5.41 Å². The average Bonchev–Trinajstić information content (AvgIpc) is 2.82. The second kappa shape index (κ2) is 6.52. The molecule has 21 heavy (non-hydrogen) atoms. The number of hydrogen-bond donors (Lipinski definition) is 2. The molecule has 5 heteroatoms. The summed E-state index contributed by atoms with van der Waals surface area (Å²) in [6, 6.07) is 7.20. The van der Waals surface area contributed by atoms with E-state index in [4.69, 9.17) is 0 Å². The fourth-order valence-corrected chi connectivity index (χ4v) is 3.38. The number of benzene rings is 1. The Morgan fingerprint density at radius 1 is 1.48 bits per heavy atom. The van der Waals surface area contributed by atoms with E-state index in [-0.39, 0.29) is 11.9 Å². The molecule has 0 radical (unpaired) electrons. The first-order valence-corrected chi connectivity index (χ1v) is 8.49. The molecule has 0 spiro atoms. The van der Waals surface area contributed by atoms with E-state index in [1.165, 1.54) is 0 Å². The minimum Gasteiger partial charge on any atom is -0.481 e. The van der Waals surface area contributed by atoms with Crippen LogP contribution in [0.5, 0.6) is 0 Å². The molecule has 1 aromatic rings. The van der Waals surface area contributed by atoms with Gasteiger partial charge in [0.05, 0.1) is 5.41 Å². The standard InChI is InChI=1S/C16H21NO3S/c1-16(15(19)20)8-4-7-13(16)17-14(18)12-6-3-5-11(9-12)10-21-2/h3,5-6,9,13H,4,7-8,10H2,1-2H3,(H,17,18)(H,19,20). The second-order valence-corrected chi connectivity index (χ2v) is 6.64. The smallest absolute Gasteiger partial charge is 0.311 e. The average molecular weight is 307 g/mol. The molecule has 0 saturated heterocycles. The SMILES string of the molecule is CSCc1cccc(C(=O)NC2CCCC2(C)C(=O)O)c1. The van der Waals surface area contributed by atoms with Gasteiger partial charge in [0.2, 0.25) is 0 Å². The molecule has 1 aliphatic carbocycles. The first-order valence-electron chi connectivity index (χ1n) is 7.09. The van der Waals surface area contributed by atoms with Crippen LogP contribution >= 0.6 is 11.8 Å². The van der Waals surface area contributed by atoms with Crippen molar-refractivity contribution in [3.63, 3.8) is 0 Å². The maximum absolute atomic E-state index is 12.4. The molecule has 2 rings (SSSR count). The van der Waals surface area contributed by atoms with Crippen molar-refractivity contribution in [2.45, 2.75) is 38.0 Å². The van der Waals surface area contributed by atoms with Gasteiger partial charge in [-0.05, 0) is 43.7 Å². The van der Waals surface area contributed by atoms with Crippen molar-refractivity contribution in [1.29, 1.82) is 0 Å². The monoisotopic (exact) mass is 307 g/mol. The molecule has 2 unspecified atom stereocenters. The van der Waals surface area contributed by atoms with Gasteiger partial charge in [0.1, 0.15) is 0 Å². The van der Waals surface area contributed by atoms with E-state index in [1.807, 2.05) is 24.5 Å². The highest BCUT2D eigenvalue weighted by Gasteiger charge is 2.45. The lowest BCUT2D eigenvalue weighted by Crippen LogP contribution is -2.47. The van der Waals surface area contributed by atoms with Gasteiger partial charge >= 0.3 is 5.97 Å². The third-order valence-corrected chi connectivity index (χ3v) is 4.87. The summed E-state index contributed by atoms with van der Waals surface area (Å²) < 4.78 is 0. The zero-order valence-corrected chi connectivity index (χ0v) is 13.2. The molecule has 2 atom stereocenters. The fraction of sp³-hybridized carbons (Fsp3) is 0.500. The minimum absolute atomic E-state index is 0.183. The molecule has 1 fully saturated rings. The Balaban J connectivity index is 2.11. The highest BCUT2D eigenvalue weighted by Crippen LogP contribution is 2.38. The highest BCUT2D eigenvalue weighted by atomic mass is 32.2. The van der Waals surface area contributed by atoms with Crippen molar-refractivity contribution < 1.29 is 14.7 Å². The van der Waals surface area contributed by atoms with Crippen molar-refractivity contribution in [2.75, 3.05) is 6.26 Å². The van der Waals surface area contributed by atoms with Crippen LogP contribution in [0.4, 0.5) is 0 Å². The van der Waals surface area contributed by atoms with Crippen molar-refractivity contribution in [3.8, 4) is 0 Å². The second-order valence-electron chi connectivity index (χ2n) is 5.77. The Bertz CT molecular complexity index is 546. The summed E-state index contributed by atoms with van der Waals surface area (Å²) in [7, 11) is 0. The number of carbonyl (C=O) groups excluding carboxylic acids is 1. The van der Waals surface area contributed by atoms with Gasteiger partial charge in [-0.25, -0.2) is 0 Å². The third-order valence-electron chi connectivity index (χ3n) is 4.25. The fourth-order valence-electron chi connectivity index (χ4n) is 2.86. The highest BCUT2D eigenvalue weighted by molar-refractivity contribution is 7.97. The van der Waals surface area contributed by atoms with Crippen LogP contribution in [-0.2, 0) is 10.5 Å². The number of amides is 1. The maximum Gasteiger partial charge on any atom is 0.311 e. The number of nitrogens with one attached hydrogen (secondary N) is 1. The van der Waals surface area contributed by atoms with E-state index in [1.54, 1.807) is 24.8 Å². The zero-order valence-electron chi connectivity index (χ0n) is 12.4. The summed E-state index contributed by atoms with van der Waals surface area (Å²) in [5, 5.41) is 12.3. The topological polar surface area (TPSA) is 66.4 Å². The van der Waals surface area contributed by atoms with E-state index in [2.05, 4.69) is 5.32 Å². The Morgan fingerprint density at radius 2 is 2.24 bits per heavy atom. The van der Waals surface area contributed by atoms with E-state index in [0.717, 1.165) is 24.2 Å². The van der Waals surface area contributed by atoms with Crippen molar-refractivity contribution >= 4 is 23.6 Å². The van der Waals surface area contributed by atoms with Gasteiger partial charge in [-0.15, -0.1) is 0 Å². The molecule has 0 aromatic heterocycles. The molecule has 1 aliphatic rings. The van der Waals surface area contributed by atoms with Crippen LogP contribution in [0, 0.1) is 5.41 Å². The van der Waals surface area contributed by atoms with Crippen LogP contribution < -0.4 is 5.32 Å². The number of carbonyl (C=O) groups is 2. The van der Waals surface area contributed by atoms with Crippen LogP contribution in [0.3, 0.4) is 0 Å². The molecule has 0 aliphatic heterocycles. The lowest BCUT2D eigenvalue weighted by molar-refractivity contribution is -0.148. The van der Waals surface area contributed by atoms with E-state index >= 15 is 0 Å². The summed E-state index contributed by atoms with van der Waals surface area (Å²) in [5.74, 6) is -0.157. The normalized spacial score (nSPS) is 24.8. The number of aliphatic carboxylic acids is 1. The predicted molar refractivity (Wildman–Crippen MR) is 84.5 cm³/mol. The molecular formula is C16H21NO3S. The lowest BCUT2D eigenvalue weighted by Gasteiger charge is -2.27. The summed E-state index contributed by atoms with van der Waals surface area (Å²) >= 11 is 1.70. The number of rotatable bonds is 5. The lowest BCUT2D eigenvalue weighted by atomic mass is 9.85. The van der Waals surface area contributed by atoms with Gasteiger partial charge in [-0.2, -0.15) is 11.8 Å². The van der Waals surface area contributed by atoms with Crippen LogP contribution in [-0.4, -0.2) is 29.3 Å². The van der Waals surface area contributed by atoms with Crippen molar-refractivity contribution in [3.05, 3.63) is 35.4 Å². The molecule has 1 aromatic carbocycles. The number of thioether (sulfide) groups is 1. The largest absolute Gasteiger partial charge is 0.481 e. The molecule has 114 valence electrons. The van der Waals surface area contributed by atoms with Gasteiger partial charge in [-0.3, -0.25) is 9.59 Å². The summed E-state index contributed by atoms with van der Waals surface area (Å²) in [6.45, 7) is 1.72. The van der Waals surface area contributed by atoms with Crippen LogP contribution in [0.1, 0.15) is 42.1 Å². The Labute approximate surface area is 129 Å². The van der Waals surface area contributed by atoms with Crippen LogP contribution in [0.25, 0.3) is 0 Å². The minimum atomic E-state index is -0.855. The molecule has 2 N–H and O–H groups in total. The quantitative estimate of drug-likeness (QED) is 0.878. The first-order chi connectivity index (χ1) is 9.97. The summed E-state index contributed by atoms with van der Waals surface area (Å²) in [6.07, 6.45) is 4.18. The van der Waals surface area contributed by atoms with Gasteiger partial charge in [0.25, 0.3) is 5.91 Å². The zero-order chi connectivity index (χ0) is 15.5. The van der Waals surface area contributed by atoms with Crippen LogP contribution in [0.15, 0.2) is 24.3 Å². The number of hydrogen-bond acceptors (Lipinski definition) is 3. The Kier molecular flexibility index (Phi) is 4.93. The predicted octanol–water partition coefficient (Wildman–Crippen LogP) is 2.92. The van der Waals surface area contributed by atoms with Gasteiger partial charge in [-0.1, -0.05) is 18.6 Å². The van der Waals surface area contributed by atoms with E-state index in [9.17, 15) is 14.7 Å². The van der Waals surface area contributed by atoms with Gasteiger partial charge in [0, 0.05) is 17.4 Å². The molecular weight excluding hydrogens is 286 g/mol. The Hall–Kier alpha value is -1.49. The van der Waals surface area contributed by atoms with Gasteiger partial charge in [0.15, 0.2) is 0 Å². The van der Waals surface area contributed by atoms with E-state index in [0.29, 0.717) is 12.0 Å². The number of carboxylic acids is 1. The Morgan fingerprint density at radius 3 is 2.90 bits per heavy atom. The molecule has 4 nitrogen and oxygen atoms in total. The van der Waals surface area contributed by atoms with E-state index < -0.39 is 11.4 Å². The summed E-state index contributed by atoms with van der Waals surface area (Å²) in [4.78, 5) is 23.8. The number of carboxylic acid groups (broad SMARTS) is 1. The maximum atomic E-state index is 12.4. The molecule has 0 bridgehead atoms. The first kappa shape index (κ1) is 15.9. The molecule has 1 amide bonds. The molecule has 0 heterocycles. The van der Waals surface area contributed by atoms with Crippen molar-refractivity contribution in [1.82, 2.24) is 5.32 Å². The van der Waals surface area contributed by atoms with Gasteiger partial charge < -0.3 is 10.4 Å². The summed E-state index contributed by atoms with van der Waals surface area (Å²) in [5.41, 5.74) is 0.843.